The lowest BCUT2D eigenvalue weighted by Crippen LogP contribution is -2.14. The van der Waals surface area contributed by atoms with Crippen LogP contribution in [0.3, 0.4) is 0 Å². The highest BCUT2D eigenvalue weighted by Crippen LogP contribution is 2.29. The van der Waals surface area contributed by atoms with Gasteiger partial charge >= 0.3 is 0 Å². The van der Waals surface area contributed by atoms with Crippen molar-refractivity contribution in [2.75, 3.05) is 17.7 Å². The molecule has 1 aromatic heterocycles. The molecule has 0 radical (unpaired) electrons. The molecule has 0 bridgehead atoms. The Morgan fingerprint density at radius 1 is 1.15 bits per heavy atom. The van der Waals surface area contributed by atoms with E-state index in [2.05, 4.69) is 20.6 Å². The Kier molecular flexibility index (Phi) is 5.50. The van der Waals surface area contributed by atoms with Crippen molar-refractivity contribution in [1.82, 2.24) is 9.97 Å². The first-order valence-electron chi connectivity index (χ1n) is 7.83. The molecule has 0 atom stereocenters. The molecular weight excluding hydrogens is 366 g/mol. The molecule has 0 fully saturated rings. The molecule has 1 amide bonds. The van der Waals surface area contributed by atoms with Crippen LogP contribution in [0.25, 0.3) is 0 Å². The van der Waals surface area contributed by atoms with E-state index in [0.29, 0.717) is 33.5 Å². The third-order valence-electron chi connectivity index (χ3n) is 3.60. The average Bonchev–Trinajstić information content (AvgIpc) is 2.69. The number of halogens is 1. The molecule has 0 aliphatic carbocycles. The fourth-order valence-electron chi connectivity index (χ4n) is 2.29. The predicted octanol–water partition coefficient (Wildman–Crippen LogP) is 4.01. The van der Waals surface area contributed by atoms with Crippen molar-refractivity contribution in [3.63, 3.8) is 0 Å². The number of nitriles is 1. The summed E-state index contributed by atoms with van der Waals surface area (Å²) in [5.74, 6) is 0.598. The first-order valence-corrected chi connectivity index (χ1v) is 8.21. The molecular formula is C19H14ClN5O2. The Balaban J connectivity index is 1.77. The van der Waals surface area contributed by atoms with Crippen molar-refractivity contribution in [3.05, 3.63) is 71.1 Å². The first kappa shape index (κ1) is 18.2. The van der Waals surface area contributed by atoms with E-state index in [1.165, 1.54) is 12.4 Å². The van der Waals surface area contributed by atoms with Crippen molar-refractivity contribution in [1.29, 1.82) is 5.26 Å². The molecule has 0 saturated carbocycles. The summed E-state index contributed by atoms with van der Waals surface area (Å²) in [6.07, 6.45) is 1.28. The summed E-state index contributed by atoms with van der Waals surface area (Å²) in [5.41, 5.74) is 1.86. The summed E-state index contributed by atoms with van der Waals surface area (Å²) in [7, 11) is 1.55. The molecule has 134 valence electrons. The molecule has 27 heavy (non-hydrogen) atoms. The number of anilines is 3. The second-order valence-corrected chi connectivity index (χ2v) is 5.84. The van der Waals surface area contributed by atoms with Gasteiger partial charge < -0.3 is 15.4 Å². The second-order valence-electron chi connectivity index (χ2n) is 5.40. The van der Waals surface area contributed by atoms with Gasteiger partial charge in [-0.05, 0) is 42.5 Å². The number of nitrogens with zero attached hydrogens (tertiary/aromatic N) is 3. The predicted molar refractivity (Wildman–Crippen MR) is 102 cm³/mol. The lowest BCUT2D eigenvalue weighted by Gasteiger charge is -2.11. The van der Waals surface area contributed by atoms with Crippen molar-refractivity contribution in [2.24, 2.45) is 0 Å². The lowest BCUT2D eigenvalue weighted by molar-refractivity contribution is 0.102. The SMILES string of the molecule is COc1ccc(Cl)cc1Nc1cc(C(=O)Nc2ccc(C#N)cc2)ncn1. The molecule has 0 saturated heterocycles. The topological polar surface area (TPSA) is 99.9 Å². The van der Waals surface area contributed by atoms with Crippen LogP contribution in [0, 0.1) is 11.3 Å². The number of aromatic nitrogens is 2. The Labute approximate surface area is 160 Å². The van der Waals surface area contributed by atoms with Crippen LogP contribution in [0.15, 0.2) is 54.9 Å². The number of benzene rings is 2. The molecule has 0 spiro atoms. The minimum Gasteiger partial charge on any atom is -0.495 e. The van der Waals surface area contributed by atoms with E-state index in [4.69, 9.17) is 21.6 Å². The average molecular weight is 380 g/mol. The zero-order chi connectivity index (χ0) is 19.2. The standard InChI is InChI=1S/C19H14ClN5O2/c1-27-17-7-4-13(20)8-15(17)25-18-9-16(22-11-23-18)19(26)24-14-5-2-12(10-21)3-6-14/h2-9,11H,1H3,(H,24,26)(H,22,23,25). The maximum atomic E-state index is 12.4. The quantitative estimate of drug-likeness (QED) is 0.694. The van der Waals surface area contributed by atoms with Gasteiger partial charge in [-0.15, -0.1) is 0 Å². The number of rotatable bonds is 5. The van der Waals surface area contributed by atoms with Crippen molar-refractivity contribution in [2.45, 2.75) is 0 Å². The summed E-state index contributed by atoms with van der Waals surface area (Å²) in [4.78, 5) is 20.5. The summed E-state index contributed by atoms with van der Waals surface area (Å²) in [5, 5.41) is 15.1. The molecule has 7 nitrogen and oxygen atoms in total. The van der Waals surface area contributed by atoms with Crippen molar-refractivity contribution < 1.29 is 9.53 Å². The van der Waals surface area contributed by atoms with Gasteiger partial charge in [-0.3, -0.25) is 4.79 Å². The van der Waals surface area contributed by atoms with Crippen LogP contribution in [0.4, 0.5) is 17.2 Å². The number of methoxy groups -OCH3 is 1. The first-order chi connectivity index (χ1) is 13.1. The summed E-state index contributed by atoms with van der Waals surface area (Å²) >= 11 is 6.02. The Bertz CT molecular complexity index is 1020. The maximum absolute atomic E-state index is 12.4. The summed E-state index contributed by atoms with van der Waals surface area (Å²) < 4.78 is 5.28. The molecule has 2 aromatic carbocycles. The summed E-state index contributed by atoms with van der Waals surface area (Å²) in [6.45, 7) is 0. The fourth-order valence-corrected chi connectivity index (χ4v) is 2.46. The number of hydrogen-bond donors (Lipinski definition) is 2. The molecule has 0 aliphatic rings. The lowest BCUT2D eigenvalue weighted by atomic mass is 10.2. The number of carbonyl (C=O) groups excluding carboxylic acids is 1. The van der Waals surface area contributed by atoms with Gasteiger partial charge in [0.15, 0.2) is 0 Å². The molecule has 3 rings (SSSR count). The van der Waals surface area contributed by atoms with E-state index in [-0.39, 0.29) is 5.69 Å². The van der Waals surface area contributed by atoms with Crippen molar-refractivity contribution >= 4 is 34.7 Å². The molecule has 3 aromatic rings. The van der Waals surface area contributed by atoms with Crippen LogP contribution < -0.4 is 15.4 Å². The number of ether oxygens (including phenoxy) is 1. The van der Waals surface area contributed by atoms with E-state index in [1.54, 1.807) is 49.6 Å². The highest BCUT2D eigenvalue weighted by molar-refractivity contribution is 6.31. The van der Waals surface area contributed by atoms with Crippen LogP contribution in [0.5, 0.6) is 5.75 Å². The van der Waals surface area contributed by atoms with Gasteiger partial charge in [0.2, 0.25) is 0 Å². The largest absolute Gasteiger partial charge is 0.495 e. The van der Waals surface area contributed by atoms with Gasteiger partial charge in [-0.1, -0.05) is 11.6 Å². The van der Waals surface area contributed by atoms with Crippen molar-refractivity contribution in [3.8, 4) is 11.8 Å². The van der Waals surface area contributed by atoms with Gasteiger partial charge in [0.1, 0.15) is 23.6 Å². The number of hydrogen-bond acceptors (Lipinski definition) is 6. The number of nitrogens with one attached hydrogen (secondary N) is 2. The highest BCUT2D eigenvalue weighted by Gasteiger charge is 2.11. The fraction of sp³-hybridized carbons (Fsp3) is 0.0526. The van der Waals surface area contributed by atoms with Crippen LogP contribution in [0.2, 0.25) is 5.02 Å². The minimum absolute atomic E-state index is 0.179. The highest BCUT2D eigenvalue weighted by atomic mass is 35.5. The zero-order valence-corrected chi connectivity index (χ0v) is 15.0. The van der Waals surface area contributed by atoms with E-state index in [0.717, 1.165) is 0 Å². The third-order valence-corrected chi connectivity index (χ3v) is 3.83. The Hall–Kier alpha value is -3.63. The minimum atomic E-state index is -0.400. The number of carbonyl (C=O) groups is 1. The van der Waals surface area contributed by atoms with Gasteiger partial charge in [0, 0.05) is 16.8 Å². The Morgan fingerprint density at radius 2 is 1.93 bits per heavy atom. The van der Waals surface area contributed by atoms with Crippen LogP contribution in [-0.2, 0) is 0 Å². The van der Waals surface area contributed by atoms with E-state index in [9.17, 15) is 4.79 Å². The molecule has 0 unspecified atom stereocenters. The summed E-state index contributed by atoms with van der Waals surface area (Å²) in [6, 6.07) is 15.2. The smallest absolute Gasteiger partial charge is 0.274 e. The van der Waals surface area contributed by atoms with Crippen LogP contribution >= 0.6 is 11.6 Å². The van der Waals surface area contributed by atoms with Gasteiger partial charge in [0.25, 0.3) is 5.91 Å². The van der Waals surface area contributed by atoms with Gasteiger partial charge in [0.05, 0.1) is 24.4 Å². The molecule has 8 heteroatoms. The number of amides is 1. The maximum Gasteiger partial charge on any atom is 0.274 e. The Morgan fingerprint density at radius 3 is 2.63 bits per heavy atom. The van der Waals surface area contributed by atoms with E-state index >= 15 is 0 Å². The normalized spacial score (nSPS) is 9.96. The van der Waals surface area contributed by atoms with E-state index < -0.39 is 5.91 Å². The van der Waals surface area contributed by atoms with Crippen LogP contribution in [0.1, 0.15) is 16.1 Å². The third kappa shape index (κ3) is 4.51. The van der Waals surface area contributed by atoms with Gasteiger partial charge in [-0.2, -0.15) is 5.26 Å². The van der Waals surface area contributed by atoms with Crippen LogP contribution in [-0.4, -0.2) is 23.0 Å². The monoisotopic (exact) mass is 379 g/mol. The molecule has 1 heterocycles. The van der Waals surface area contributed by atoms with E-state index in [1.807, 2.05) is 6.07 Å². The van der Waals surface area contributed by atoms with Gasteiger partial charge in [-0.25, -0.2) is 9.97 Å². The molecule has 2 N–H and O–H groups in total. The second kappa shape index (κ2) is 8.17. The zero-order valence-electron chi connectivity index (χ0n) is 14.2. The molecule has 0 aliphatic heterocycles.